The van der Waals surface area contributed by atoms with Gasteiger partial charge in [-0.15, -0.1) is 0 Å². The highest BCUT2D eigenvalue weighted by atomic mass is 33.1. The van der Waals surface area contributed by atoms with Crippen LogP contribution in [0.4, 0.5) is 20.1 Å². The molecule has 0 aromatic heterocycles. The van der Waals surface area contributed by atoms with Gasteiger partial charge in [0.2, 0.25) is 5.91 Å². The molecule has 3 aromatic carbocycles. The number of aromatic hydroxyl groups is 1. The van der Waals surface area contributed by atoms with Crippen molar-refractivity contribution in [3.05, 3.63) is 83.9 Å². The van der Waals surface area contributed by atoms with Crippen molar-refractivity contribution in [2.45, 2.75) is 138 Å². The van der Waals surface area contributed by atoms with E-state index in [1.165, 1.54) is 69.8 Å². The van der Waals surface area contributed by atoms with Crippen LogP contribution in [0, 0.1) is 19.8 Å². The zero-order chi connectivity index (χ0) is 59.9. The third-order valence-corrected chi connectivity index (χ3v) is 14.1. The van der Waals surface area contributed by atoms with E-state index < -0.39 is 83.0 Å². The van der Waals surface area contributed by atoms with Crippen LogP contribution in [0.25, 0.3) is 0 Å². The van der Waals surface area contributed by atoms with Crippen LogP contribution in [0.1, 0.15) is 100 Å². The average molecular weight is 1180 g/mol. The molecule has 4 atom stereocenters. The number of carboxylic acids is 2. The molecule has 1 fully saturated rings. The first-order valence-electron chi connectivity index (χ1n) is 24.9. The second-order valence-corrected chi connectivity index (χ2v) is 25.4. The van der Waals surface area contributed by atoms with E-state index >= 15 is 0 Å². The summed E-state index contributed by atoms with van der Waals surface area (Å²) < 4.78 is 31.5. The molecule has 25 heteroatoms. The Labute approximate surface area is 479 Å². The number of hydrogen-bond donors (Lipinski definition) is 7. The van der Waals surface area contributed by atoms with Crippen LogP contribution in [0.15, 0.2) is 72.8 Å². The Morgan fingerprint density at radius 2 is 0.873 bits per heavy atom. The topological polar surface area (TPSA) is 301 Å². The molecule has 4 rings (SSSR count). The third-order valence-electron chi connectivity index (χ3n) is 9.04. The number of benzene rings is 3. The number of phenols is 1. The minimum Gasteiger partial charge on any atom is -0.508 e. The van der Waals surface area contributed by atoms with Crippen LogP contribution in [0.2, 0.25) is 0 Å². The molecular formula is C54H78N4O17S4. The highest BCUT2D eigenvalue weighted by molar-refractivity contribution is 8.77. The van der Waals surface area contributed by atoms with Crippen LogP contribution in [0.3, 0.4) is 0 Å². The Bertz CT molecular complexity index is 2340. The number of alkyl carbamates (subject to hydrolysis) is 3. The number of aryl methyl sites for hydroxylation is 2. The van der Waals surface area contributed by atoms with Gasteiger partial charge in [-0.2, -0.15) is 0 Å². The Hall–Kier alpha value is -6.02. The molecule has 21 nitrogen and oxygen atoms in total. The number of hydrogen-bond acceptors (Lipinski definition) is 19. The molecule has 3 aromatic rings. The van der Waals surface area contributed by atoms with Crippen molar-refractivity contribution in [2.75, 3.05) is 41.5 Å². The maximum atomic E-state index is 13.1. The lowest BCUT2D eigenvalue weighted by molar-refractivity contribution is -0.140. The van der Waals surface area contributed by atoms with E-state index in [0.29, 0.717) is 22.9 Å². The lowest BCUT2D eigenvalue weighted by atomic mass is 10.2. The Kier molecular flexibility index (Phi) is 32.6. The first-order valence-corrected chi connectivity index (χ1v) is 29.8. The number of rotatable bonds is 20. The summed E-state index contributed by atoms with van der Waals surface area (Å²) in [7, 11) is 4.78. The smallest absolute Gasteiger partial charge is 0.408 e. The van der Waals surface area contributed by atoms with Crippen LogP contribution in [-0.4, -0.2) is 135 Å². The highest BCUT2D eigenvalue weighted by Crippen LogP contribution is 2.27. The zero-order valence-corrected chi connectivity index (χ0v) is 50.4. The average Bonchev–Trinajstić information content (AvgIpc) is 3.92. The number of phenolic OH excluding ortho intramolecular Hbond substituents is 1. The molecule has 1 saturated heterocycles. The van der Waals surface area contributed by atoms with Gasteiger partial charge in [0.15, 0.2) is 0 Å². The molecule has 1 heterocycles. The van der Waals surface area contributed by atoms with Gasteiger partial charge in [-0.1, -0.05) is 85.5 Å². The predicted molar refractivity (Wildman–Crippen MR) is 310 cm³/mol. The summed E-state index contributed by atoms with van der Waals surface area (Å²) in [5, 5.41) is 36.5. The molecule has 1 aliphatic heterocycles. The first kappa shape index (κ1) is 71.0. The van der Waals surface area contributed by atoms with Crippen LogP contribution in [0.5, 0.6) is 17.2 Å². The van der Waals surface area contributed by atoms with E-state index in [4.69, 9.17) is 43.7 Å². The van der Waals surface area contributed by atoms with E-state index in [1.807, 2.05) is 26.0 Å². The maximum Gasteiger partial charge on any atom is 0.408 e. The number of ether oxygens (including phenoxy) is 6. The van der Waals surface area contributed by atoms with Crippen molar-refractivity contribution in [1.82, 2.24) is 16.0 Å². The fourth-order valence-electron chi connectivity index (χ4n) is 5.28. The number of amides is 4. The van der Waals surface area contributed by atoms with Gasteiger partial charge in [0.1, 0.15) is 52.2 Å². The molecule has 4 unspecified atom stereocenters. The molecule has 4 amide bonds. The quantitative estimate of drug-likeness (QED) is 0.0182. The Balaban J connectivity index is 0.000000742. The molecule has 0 spiro atoms. The largest absolute Gasteiger partial charge is 0.508 e. The highest BCUT2D eigenvalue weighted by Gasteiger charge is 2.30. The number of carbonyl (C=O) groups is 8. The Morgan fingerprint density at radius 3 is 1.19 bits per heavy atom. The van der Waals surface area contributed by atoms with E-state index in [2.05, 4.69) is 21.3 Å². The van der Waals surface area contributed by atoms with Crippen molar-refractivity contribution in [3.8, 4) is 17.2 Å². The van der Waals surface area contributed by atoms with Crippen molar-refractivity contribution in [3.63, 3.8) is 0 Å². The number of anilines is 1. The van der Waals surface area contributed by atoms with Crippen molar-refractivity contribution in [2.24, 2.45) is 5.92 Å². The predicted octanol–water partition coefficient (Wildman–Crippen LogP) is 10.2. The summed E-state index contributed by atoms with van der Waals surface area (Å²) in [6, 6.07) is 16.8. The number of aliphatic carboxylic acids is 2. The van der Waals surface area contributed by atoms with Gasteiger partial charge in [0.25, 0.3) is 0 Å². The van der Waals surface area contributed by atoms with Gasteiger partial charge in [-0.25, -0.2) is 28.8 Å². The summed E-state index contributed by atoms with van der Waals surface area (Å²) in [4.78, 5) is 95.5. The normalized spacial score (nSPS) is 13.4. The molecule has 0 bridgehead atoms. The molecule has 440 valence electrons. The summed E-state index contributed by atoms with van der Waals surface area (Å²) in [6.07, 6.45) is 0.151. The van der Waals surface area contributed by atoms with Crippen LogP contribution < -0.4 is 30.7 Å². The van der Waals surface area contributed by atoms with E-state index in [9.17, 15) is 38.4 Å². The lowest BCUT2D eigenvalue weighted by Gasteiger charge is -2.23. The number of esters is 2. The minimum absolute atomic E-state index is 0.0267. The van der Waals surface area contributed by atoms with E-state index in [-0.39, 0.29) is 28.9 Å². The molecule has 79 heavy (non-hydrogen) atoms. The number of carbonyl (C=O) groups excluding carboxylic acids is 6. The summed E-state index contributed by atoms with van der Waals surface area (Å²) in [5.74, 6) is -2.90. The lowest BCUT2D eigenvalue weighted by Crippen LogP contribution is -2.47. The van der Waals surface area contributed by atoms with Crippen LogP contribution in [-0.2, 0) is 42.9 Å². The molecule has 0 radical (unpaired) electrons. The molecular weight excluding hydrogens is 1100 g/mol. The summed E-state index contributed by atoms with van der Waals surface area (Å²) >= 11 is 0. The number of nitrogens with one attached hydrogen (secondary N) is 4. The van der Waals surface area contributed by atoms with Crippen molar-refractivity contribution < 1.29 is 82.1 Å². The van der Waals surface area contributed by atoms with Gasteiger partial charge in [-0.05, 0) is 138 Å². The molecule has 7 N–H and O–H groups in total. The summed E-state index contributed by atoms with van der Waals surface area (Å²) in [6.45, 7) is 24.0. The Morgan fingerprint density at radius 1 is 0.532 bits per heavy atom. The fourth-order valence-corrected chi connectivity index (χ4v) is 10.1. The molecule has 1 aliphatic rings. The zero-order valence-electron chi connectivity index (χ0n) is 47.1. The van der Waals surface area contributed by atoms with Gasteiger partial charge in [0.05, 0.1) is 5.92 Å². The van der Waals surface area contributed by atoms with Gasteiger partial charge in [-0.3, -0.25) is 9.59 Å². The minimum atomic E-state index is -1.17. The van der Waals surface area contributed by atoms with Gasteiger partial charge >= 0.3 is 42.2 Å². The standard InChI is InChI=1S/C31H41N3O9S2.C12H21NO6S2.C7H8O.C4H8O/c1-19-9-13-22(14-10-19)40-26(36)24(33-28(38)42-30(3,4)5)17-44-45-18-25(34-29(39)43-31(6,7)8)27(37)41-23-15-11-21(12-16-23)32-20(2)35;1-7(9(14)15)5-20-21-6-8(10(16)17)13-11(18)19-12(2,3)4;1-6-2-4-7(8)5-3-6;1-2-4-5-3-1/h9-16,24-25H,17-18H2,1-8H3,(H,32,35)(H,33,38)(H,34,39);7-8H,5-6H2,1-4H3,(H,13,18)(H,14,15)(H,16,17);2-5,8H,1H3;1-4H2. The van der Waals surface area contributed by atoms with Gasteiger partial charge in [0, 0.05) is 48.8 Å². The third kappa shape index (κ3) is 36.7. The van der Waals surface area contributed by atoms with E-state index in [1.54, 1.807) is 118 Å². The van der Waals surface area contributed by atoms with Crippen molar-refractivity contribution in [1.29, 1.82) is 0 Å². The molecule has 0 aliphatic carbocycles. The fraction of sp³-hybridized carbons (Fsp3) is 0.519. The molecule has 0 saturated carbocycles. The second-order valence-electron chi connectivity index (χ2n) is 20.3. The van der Waals surface area contributed by atoms with Gasteiger partial charge < -0.3 is 65.0 Å². The van der Waals surface area contributed by atoms with Crippen molar-refractivity contribution >= 4 is 96.9 Å². The monoisotopic (exact) mass is 1180 g/mol. The van der Waals surface area contributed by atoms with E-state index in [0.717, 1.165) is 29.6 Å². The first-order chi connectivity index (χ1) is 36.7. The second kappa shape index (κ2) is 36.3. The van der Waals surface area contributed by atoms with Crippen LogP contribution >= 0.6 is 43.2 Å². The SMILES string of the molecule is C1CCOC1.CC(=O)Nc1ccc(OC(=O)C(CSSCC(NC(=O)OC(C)(C)C)C(=O)Oc2ccc(C)cc2)NC(=O)OC(C)(C)C)cc1.CC(CSSCC(NC(=O)OC(C)(C)C)C(=O)O)C(=O)O.Cc1ccc(O)cc1. The maximum absolute atomic E-state index is 13.1. The summed E-state index contributed by atoms with van der Waals surface area (Å²) in [5.41, 5.74) is 0.378. The number of carboxylic acid groups (broad SMARTS) is 2.